The van der Waals surface area contributed by atoms with Crippen molar-refractivity contribution in [2.24, 2.45) is 0 Å². The zero-order valence-electron chi connectivity index (χ0n) is 6.27. The number of rotatable bonds is 2. The summed E-state index contributed by atoms with van der Waals surface area (Å²) < 4.78 is 0. The number of hydrogen-bond donors (Lipinski definition) is 1. The van der Waals surface area contributed by atoms with Gasteiger partial charge in [-0.1, -0.05) is 29.1 Å². The van der Waals surface area contributed by atoms with Gasteiger partial charge in [0.2, 0.25) is 0 Å². The van der Waals surface area contributed by atoms with Gasteiger partial charge in [0.05, 0.1) is 16.6 Å². The molecule has 0 heterocycles. The van der Waals surface area contributed by atoms with Gasteiger partial charge in [-0.15, -0.1) is 6.42 Å². The normalized spacial score (nSPS) is 9.08. The lowest BCUT2D eigenvalue weighted by Gasteiger charge is -2.02. The quantitative estimate of drug-likeness (QED) is 0.723. The van der Waals surface area contributed by atoms with Crippen LogP contribution in [-0.4, -0.2) is 6.54 Å². The highest BCUT2D eigenvalue weighted by molar-refractivity contribution is 6.42. The zero-order chi connectivity index (χ0) is 8.97. The smallest absolute Gasteiger partial charge is 0.0763 e. The van der Waals surface area contributed by atoms with Crippen LogP contribution >= 0.6 is 23.2 Å². The van der Waals surface area contributed by atoms with Crippen molar-refractivity contribution in [3.8, 4) is 12.3 Å². The largest absolute Gasteiger partial charge is 0.374 e. The van der Waals surface area contributed by atoms with Gasteiger partial charge in [-0.05, 0) is 18.2 Å². The van der Waals surface area contributed by atoms with Crippen LogP contribution in [0, 0.1) is 12.3 Å². The van der Waals surface area contributed by atoms with E-state index in [0.29, 0.717) is 16.6 Å². The molecule has 0 spiro atoms. The Bertz CT molecular complexity index is 315. The fourth-order valence-corrected chi connectivity index (χ4v) is 1.06. The van der Waals surface area contributed by atoms with Gasteiger partial charge in [-0.3, -0.25) is 0 Å². The number of halogens is 2. The Morgan fingerprint density at radius 1 is 1.33 bits per heavy atom. The summed E-state index contributed by atoms with van der Waals surface area (Å²) in [7, 11) is 0. The molecule has 1 rings (SSSR count). The van der Waals surface area contributed by atoms with Gasteiger partial charge in [-0.2, -0.15) is 0 Å². The molecule has 0 aliphatic heterocycles. The predicted molar refractivity (Wildman–Crippen MR) is 53.8 cm³/mol. The summed E-state index contributed by atoms with van der Waals surface area (Å²) in [6.45, 7) is 0.484. The lowest BCUT2D eigenvalue weighted by molar-refractivity contribution is 1.38. The van der Waals surface area contributed by atoms with E-state index in [1.165, 1.54) is 0 Å². The van der Waals surface area contributed by atoms with Gasteiger partial charge in [0.25, 0.3) is 0 Å². The number of terminal acetylenes is 1. The monoisotopic (exact) mass is 199 g/mol. The summed E-state index contributed by atoms with van der Waals surface area (Å²) in [6, 6.07) is 5.29. The van der Waals surface area contributed by atoms with Crippen LogP contribution in [0.3, 0.4) is 0 Å². The van der Waals surface area contributed by atoms with Gasteiger partial charge in [0, 0.05) is 5.69 Å². The van der Waals surface area contributed by atoms with Crippen molar-refractivity contribution in [1.82, 2.24) is 0 Å². The molecular formula is C9H7Cl2N. The van der Waals surface area contributed by atoms with Crippen molar-refractivity contribution in [2.75, 3.05) is 11.9 Å². The molecule has 0 fully saturated rings. The maximum absolute atomic E-state index is 5.77. The average Bonchev–Trinajstić information content (AvgIpc) is 2.07. The molecule has 0 atom stereocenters. The van der Waals surface area contributed by atoms with Crippen molar-refractivity contribution in [3.05, 3.63) is 28.2 Å². The van der Waals surface area contributed by atoms with E-state index in [-0.39, 0.29) is 0 Å². The van der Waals surface area contributed by atoms with Gasteiger partial charge >= 0.3 is 0 Å². The lowest BCUT2D eigenvalue weighted by Crippen LogP contribution is -1.97. The van der Waals surface area contributed by atoms with Crippen molar-refractivity contribution in [3.63, 3.8) is 0 Å². The third-order valence-electron chi connectivity index (χ3n) is 1.31. The first-order valence-electron chi connectivity index (χ1n) is 3.36. The molecule has 12 heavy (non-hydrogen) atoms. The van der Waals surface area contributed by atoms with Crippen LogP contribution in [0.1, 0.15) is 0 Å². The molecule has 1 nitrogen and oxygen atoms in total. The fourth-order valence-electron chi connectivity index (χ4n) is 0.759. The highest BCUT2D eigenvalue weighted by atomic mass is 35.5. The van der Waals surface area contributed by atoms with Gasteiger partial charge in [0.15, 0.2) is 0 Å². The fraction of sp³-hybridized carbons (Fsp3) is 0.111. The topological polar surface area (TPSA) is 12.0 Å². The summed E-state index contributed by atoms with van der Waals surface area (Å²) in [6.07, 6.45) is 5.07. The average molecular weight is 200 g/mol. The second kappa shape index (κ2) is 4.25. The van der Waals surface area contributed by atoms with E-state index in [4.69, 9.17) is 29.6 Å². The maximum atomic E-state index is 5.77. The van der Waals surface area contributed by atoms with E-state index in [9.17, 15) is 0 Å². The third kappa shape index (κ3) is 2.34. The highest BCUT2D eigenvalue weighted by Crippen LogP contribution is 2.24. The van der Waals surface area contributed by atoms with Gasteiger partial charge in [0.1, 0.15) is 0 Å². The van der Waals surface area contributed by atoms with E-state index in [1.807, 2.05) is 6.07 Å². The molecule has 0 aliphatic rings. The Labute approximate surface area is 81.7 Å². The standard InChI is InChI=1S/C9H7Cl2N/c1-2-5-12-7-3-4-8(10)9(11)6-7/h1,3-4,6,12H,5H2. The summed E-state index contributed by atoms with van der Waals surface area (Å²) >= 11 is 11.5. The zero-order valence-corrected chi connectivity index (χ0v) is 7.78. The number of benzene rings is 1. The van der Waals surface area contributed by atoms with Gasteiger partial charge in [-0.25, -0.2) is 0 Å². The molecule has 3 heteroatoms. The molecule has 0 saturated carbocycles. The molecule has 0 saturated heterocycles. The SMILES string of the molecule is C#CCNc1ccc(Cl)c(Cl)c1. The van der Waals surface area contributed by atoms with Crippen LogP contribution in [0.5, 0.6) is 0 Å². The Hall–Kier alpha value is -0.840. The van der Waals surface area contributed by atoms with E-state index < -0.39 is 0 Å². The van der Waals surface area contributed by atoms with Crippen molar-refractivity contribution in [1.29, 1.82) is 0 Å². The summed E-state index contributed by atoms with van der Waals surface area (Å²) in [5, 5.41) is 4.05. The summed E-state index contributed by atoms with van der Waals surface area (Å²) in [4.78, 5) is 0. The minimum Gasteiger partial charge on any atom is -0.374 e. The van der Waals surface area contributed by atoms with Crippen molar-refractivity contribution >= 4 is 28.9 Å². The van der Waals surface area contributed by atoms with Crippen molar-refractivity contribution in [2.45, 2.75) is 0 Å². The molecule has 0 unspecified atom stereocenters. The predicted octanol–water partition coefficient (Wildman–Crippen LogP) is 3.04. The molecule has 0 bridgehead atoms. The molecule has 0 aromatic heterocycles. The Balaban J connectivity index is 2.77. The first-order chi connectivity index (χ1) is 5.74. The van der Waals surface area contributed by atoms with Crippen LogP contribution in [-0.2, 0) is 0 Å². The first-order valence-corrected chi connectivity index (χ1v) is 4.12. The number of hydrogen-bond acceptors (Lipinski definition) is 1. The number of anilines is 1. The second-order valence-electron chi connectivity index (χ2n) is 2.19. The Morgan fingerprint density at radius 3 is 2.67 bits per heavy atom. The summed E-state index contributed by atoms with van der Waals surface area (Å²) in [5.41, 5.74) is 0.877. The van der Waals surface area contributed by atoms with E-state index in [0.717, 1.165) is 5.69 Å². The van der Waals surface area contributed by atoms with Gasteiger partial charge < -0.3 is 5.32 Å². The van der Waals surface area contributed by atoms with Crippen LogP contribution in [0.2, 0.25) is 10.0 Å². The van der Waals surface area contributed by atoms with Crippen LogP contribution < -0.4 is 5.32 Å². The van der Waals surface area contributed by atoms with Crippen LogP contribution in [0.25, 0.3) is 0 Å². The molecule has 0 amide bonds. The molecule has 1 aromatic carbocycles. The lowest BCUT2D eigenvalue weighted by atomic mass is 10.3. The molecule has 0 radical (unpaired) electrons. The highest BCUT2D eigenvalue weighted by Gasteiger charge is 1.97. The van der Waals surface area contributed by atoms with Crippen LogP contribution in [0.15, 0.2) is 18.2 Å². The van der Waals surface area contributed by atoms with Crippen molar-refractivity contribution < 1.29 is 0 Å². The summed E-state index contributed by atoms with van der Waals surface area (Å²) in [5.74, 6) is 2.46. The van der Waals surface area contributed by atoms with E-state index >= 15 is 0 Å². The minimum atomic E-state index is 0.484. The molecule has 1 aromatic rings. The molecule has 0 aliphatic carbocycles. The minimum absolute atomic E-state index is 0.484. The molecule has 62 valence electrons. The van der Waals surface area contributed by atoms with E-state index in [1.54, 1.807) is 12.1 Å². The Morgan fingerprint density at radius 2 is 2.08 bits per heavy atom. The maximum Gasteiger partial charge on any atom is 0.0763 e. The molecule has 1 N–H and O–H groups in total. The second-order valence-corrected chi connectivity index (χ2v) is 3.00. The van der Waals surface area contributed by atoms with E-state index in [2.05, 4.69) is 11.2 Å². The number of nitrogens with one attached hydrogen (secondary N) is 1. The third-order valence-corrected chi connectivity index (χ3v) is 2.05. The van der Waals surface area contributed by atoms with Crippen LogP contribution in [0.4, 0.5) is 5.69 Å². The first kappa shape index (κ1) is 9.25. The molecular weight excluding hydrogens is 193 g/mol. The Kier molecular flexibility index (Phi) is 3.28.